The van der Waals surface area contributed by atoms with Gasteiger partial charge in [-0.2, -0.15) is 0 Å². The number of aliphatic hydroxyl groups excluding tert-OH is 1. The molecule has 1 aliphatic heterocycles. The SMILES string of the molecule is CCCN1CCN(CC2C(C)CC(C)CC2O)CC1. The van der Waals surface area contributed by atoms with Gasteiger partial charge in [-0.3, -0.25) is 0 Å². The summed E-state index contributed by atoms with van der Waals surface area (Å²) in [7, 11) is 0. The maximum Gasteiger partial charge on any atom is 0.0585 e. The van der Waals surface area contributed by atoms with Crippen LogP contribution in [0.4, 0.5) is 0 Å². The highest BCUT2D eigenvalue weighted by Gasteiger charge is 2.34. The van der Waals surface area contributed by atoms with Gasteiger partial charge in [-0.1, -0.05) is 20.8 Å². The Morgan fingerprint density at radius 3 is 2.21 bits per heavy atom. The van der Waals surface area contributed by atoms with Crippen LogP contribution in [0.1, 0.15) is 40.0 Å². The number of hydrogen-bond donors (Lipinski definition) is 1. The van der Waals surface area contributed by atoms with Gasteiger partial charge in [-0.05, 0) is 37.6 Å². The predicted octanol–water partition coefficient (Wildman–Crippen LogP) is 2.06. The van der Waals surface area contributed by atoms with Gasteiger partial charge in [0.15, 0.2) is 0 Å². The highest BCUT2D eigenvalue weighted by Crippen LogP contribution is 2.34. The molecule has 1 N–H and O–H groups in total. The zero-order valence-corrected chi connectivity index (χ0v) is 13.0. The highest BCUT2D eigenvalue weighted by atomic mass is 16.3. The summed E-state index contributed by atoms with van der Waals surface area (Å²) in [4.78, 5) is 5.14. The van der Waals surface area contributed by atoms with Crippen LogP contribution in [0.3, 0.4) is 0 Å². The molecule has 0 amide bonds. The first-order chi connectivity index (χ1) is 9.10. The maximum atomic E-state index is 10.3. The van der Waals surface area contributed by atoms with Crippen molar-refractivity contribution in [2.24, 2.45) is 17.8 Å². The minimum Gasteiger partial charge on any atom is -0.393 e. The fourth-order valence-electron chi connectivity index (χ4n) is 3.98. The van der Waals surface area contributed by atoms with E-state index in [2.05, 4.69) is 30.6 Å². The first-order valence-electron chi connectivity index (χ1n) is 8.23. The Morgan fingerprint density at radius 1 is 1.00 bits per heavy atom. The van der Waals surface area contributed by atoms with Crippen LogP contribution in [0.5, 0.6) is 0 Å². The van der Waals surface area contributed by atoms with Crippen molar-refractivity contribution in [3.05, 3.63) is 0 Å². The van der Waals surface area contributed by atoms with Crippen LogP contribution in [0.25, 0.3) is 0 Å². The van der Waals surface area contributed by atoms with Crippen LogP contribution in [0.15, 0.2) is 0 Å². The Morgan fingerprint density at radius 2 is 1.63 bits per heavy atom. The van der Waals surface area contributed by atoms with Crippen molar-refractivity contribution in [2.45, 2.75) is 46.1 Å². The average molecular weight is 268 g/mol. The standard InChI is InChI=1S/C16H32N2O/c1-4-5-17-6-8-18(9-7-17)12-15-14(3)10-13(2)11-16(15)19/h13-16,19H,4-12H2,1-3H3. The summed E-state index contributed by atoms with van der Waals surface area (Å²) in [5, 5.41) is 10.3. The fourth-order valence-corrected chi connectivity index (χ4v) is 3.98. The number of hydrogen-bond acceptors (Lipinski definition) is 3. The van der Waals surface area contributed by atoms with Gasteiger partial charge in [-0.25, -0.2) is 0 Å². The smallest absolute Gasteiger partial charge is 0.0585 e. The van der Waals surface area contributed by atoms with Crippen LogP contribution in [0.2, 0.25) is 0 Å². The number of rotatable bonds is 4. The Kier molecular flexibility index (Phi) is 5.67. The minimum absolute atomic E-state index is 0.0765. The molecule has 2 fully saturated rings. The van der Waals surface area contributed by atoms with E-state index in [1.807, 2.05) is 0 Å². The monoisotopic (exact) mass is 268 g/mol. The normalized spacial score (nSPS) is 38.5. The van der Waals surface area contributed by atoms with Crippen LogP contribution < -0.4 is 0 Å². The van der Waals surface area contributed by atoms with Crippen LogP contribution in [-0.2, 0) is 0 Å². The van der Waals surface area contributed by atoms with Crippen LogP contribution in [0, 0.1) is 17.8 Å². The lowest BCUT2D eigenvalue weighted by Crippen LogP contribution is -2.50. The van der Waals surface area contributed by atoms with Crippen LogP contribution in [-0.4, -0.2) is 60.3 Å². The first-order valence-corrected chi connectivity index (χ1v) is 8.23. The van der Waals surface area contributed by atoms with E-state index < -0.39 is 0 Å². The predicted molar refractivity (Wildman–Crippen MR) is 80.2 cm³/mol. The molecule has 112 valence electrons. The molecular weight excluding hydrogens is 236 g/mol. The van der Waals surface area contributed by atoms with Crippen molar-refractivity contribution in [1.29, 1.82) is 0 Å². The molecule has 0 aromatic carbocycles. The molecule has 1 aliphatic carbocycles. The highest BCUT2D eigenvalue weighted by molar-refractivity contribution is 4.86. The Balaban J connectivity index is 1.78. The molecule has 3 heteroatoms. The van der Waals surface area contributed by atoms with E-state index >= 15 is 0 Å². The van der Waals surface area contributed by atoms with Gasteiger partial charge >= 0.3 is 0 Å². The molecule has 2 rings (SSSR count). The molecule has 0 aromatic rings. The Bertz CT molecular complexity index is 251. The van der Waals surface area contributed by atoms with E-state index in [-0.39, 0.29) is 6.10 Å². The van der Waals surface area contributed by atoms with Gasteiger partial charge < -0.3 is 14.9 Å². The van der Waals surface area contributed by atoms with Crippen molar-refractivity contribution in [2.75, 3.05) is 39.3 Å². The van der Waals surface area contributed by atoms with Crippen molar-refractivity contribution in [1.82, 2.24) is 9.80 Å². The number of piperazine rings is 1. The van der Waals surface area contributed by atoms with E-state index in [4.69, 9.17) is 0 Å². The molecular formula is C16H32N2O. The topological polar surface area (TPSA) is 26.7 Å². The molecule has 2 aliphatic rings. The van der Waals surface area contributed by atoms with Gasteiger partial charge in [0.05, 0.1) is 6.10 Å². The van der Waals surface area contributed by atoms with E-state index in [0.29, 0.717) is 17.8 Å². The fraction of sp³-hybridized carbons (Fsp3) is 1.00. The third-order valence-corrected chi connectivity index (χ3v) is 5.12. The van der Waals surface area contributed by atoms with Gasteiger partial charge in [0.2, 0.25) is 0 Å². The van der Waals surface area contributed by atoms with Crippen molar-refractivity contribution < 1.29 is 5.11 Å². The lowest BCUT2D eigenvalue weighted by molar-refractivity contribution is -0.00957. The van der Waals surface area contributed by atoms with E-state index in [1.54, 1.807) is 0 Å². The summed E-state index contributed by atoms with van der Waals surface area (Å²) in [6.07, 6.45) is 3.48. The van der Waals surface area contributed by atoms with Gasteiger partial charge in [0.1, 0.15) is 0 Å². The number of aliphatic hydroxyl groups is 1. The summed E-state index contributed by atoms with van der Waals surface area (Å²) in [6.45, 7) is 14.0. The van der Waals surface area contributed by atoms with Crippen molar-refractivity contribution >= 4 is 0 Å². The van der Waals surface area contributed by atoms with Crippen LogP contribution >= 0.6 is 0 Å². The molecule has 1 saturated heterocycles. The van der Waals surface area contributed by atoms with E-state index in [9.17, 15) is 5.11 Å². The Hall–Kier alpha value is -0.120. The first kappa shape index (κ1) is 15.3. The second-order valence-corrected chi connectivity index (χ2v) is 6.93. The molecule has 4 atom stereocenters. The van der Waals surface area contributed by atoms with Gasteiger partial charge in [0, 0.05) is 38.6 Å². The molecule has 3 nitrogen and oxygen atoms in total. The number of nitrogens with zero attached hydrogens (tertiary/aromatic N) is 2. The summed E-state index contributed by atoms with van der Waals surface area (Å²) < 4.78 is 0. The second-order valence-electron chi connectivity index (χ2n) is 6.93. The third-order valence-electron chi connectivity index (χ3n) is 5.12. The molecule has 19 heavy (non-hydrogen) atoms. The van der Waals surface area contributed by atoms with Gasteiger partial charge in [0.25, 0.3) is 0 Å². The van der Waals surface area contributed by atoms with E-state index in [0.717, 1.165) is 13.0 Å². The lowest BCUT2D eigenvalue weighted by Gasteiger charge is -2.42. The summed E-state index contributed by atoms with van der Waals surface area (Å²) in [5.74, 6) is 1.86. The molecule has 1 saturated carbocycles. The third kappa shape index (κ3) is 4.17. The van der Waals surface area contributed by atoms with Gasteiger partial charge in [-0.15, -0.1) is 0 Å². The van der Waals surface area contributed by atoms with E-state index in [1.165, 1.54) is 45.6 Å². The Labute approximate surface area is 119 Å². The second kappa shape index (κ2) is 7.05. The molecule has 0 spiro atoms. The zero-order chi connectivity index (χ0) is 13.8. The summed E-state index contributed by atoms with van der Waals surface area (Å²) in [6, 6.07) is 0. The lowest BCUT2D eigenvalue weighted by atomic mass is 9.73. The molecule has 1 heterocycles. The largest absolute Gasteiger partial charge is 0.393 e. The molecule has 0 aromatic heterocycles. The quantitative estimate of drug-likeness (QED) is 0.845. The zero-order valence-electron chi connectivity index (χ0n) is 13.0. The summed E-state index contributed by atoms with van der Waals surface area (Å²) >= 11 is 0. The summed E-state index contributed by atoms with van der Waals surface area (Å²) in [5.41, 5.74) is 0. The maximum absolute atomic E-state index is 10.3. The molecule has 0 radical (unpaired) electrons. The molecule has 0 bridgehead atoms. The molecule has 4 unspecified atom stereocenters. The van der Waals surface area contributed by atoms with Crippen molar-refractivity contribution in [3.8, 4) is 0 Å². The minimum atomic E-state index is -0.0765. The average Bonchev–Trinajstić information content (AvgIpc) is 2.36. The van der Waals surface area contributed by atoms with Crippen molar-refractivity contribution in [3.63, 3.8) is 0 Å².